The Morgan fingerprint density at radius 1 is 0.593 bits per heavy atom. The summed E-state index contributed by atoms with van der Waals surface area (Å²) in [6.45, 7) is -10.7. The molecule has 4 heteroatoms. The predicted octanol–water partition coefficient (Wildman–Crippen LogP) is 14.4. The molecule has 0 aliphatic rings. The lowest BCUT2D eigenvalue weighted by molar-refractivity contribution is 0.472. The number of phenols is 1. The van der Waals surface area contributed by atoms with Crippen LogP contribution in [0.15, 0.2) is 170 Å². The van der Waals surface area contributed by atoms with Gasteiger partial charge in [-0.2, -0.15) is 0 Å². The summed E-state index contributed by atoms with van der Waals surface area (Å²) in [4.78, 5) is 9.61. The molecule has 1 N–H and O–H groups in total. The van der Waals surface area contributed by atoms with Crippen molar-refractivity contribution in [3.05, 3.63) is 192 Å². The maximum atomic E-state index is 11.8. The molecule has 59 heavy (non-hydrogen) atoms. The largest absolute Gasteiger partial charge is 0.507 e. The Labute approximate surface area is 373 Å². The van der Waals surface area contributed by atoms with E-state index in [4.69, 9.17) is 29.7 Å². The first-order chi connectivity index (χ1) is 36.4. The summed E-state index contributed by atoms with van der Waals surface area (Å²) in [6, 6.07) is 31.0. The van der Waals surface area contributed by atoms with E-state index in [-0.39, 0.29) is 28.4 Å². The fourth-order valence-electron chi connectivity index (χ4n) is 7.36. The smallest absolute Gasteiger partial charge is 0.149 e. The number of aromatic nitrogens is 3. The van der Waals surface area contributed by atoms with Crippen LogP contribution in [-0.4, -0.2) is 19.6 Å². The standard InChI is InChI=1S/C55H47N3O/c1-35-26-37(3)53(59)49(29-35)54-57-52-48(18-13-19-51(52)58(54)47-28-36(2)27-42(33-47)38-14-9-7-10-15-38)44-30-43(39-16-11-8-12-17-39)31-45(32-44)50-34-41(24-25-56-50)40-20-22-46(23-21-40)55(4,5)6/h7-34,59H,1-6H3/i2D3,4D3,5D3,6D3,20D,21D,22D,23D,24D,25D,34D. The number of nitrogens with zero attached hydrogens (tertiary/aromatic N) is 3. The Balaban J connectivity index is 1.34. The number of para-hydroxylation sites is 1. The van der Waals surface area contributed by atoms with E-state index in [9.17, 15) is 6.48 Å². The number of benzene rings is 7. The Morgan fingerprint density at radius 3 is 2.00 bits per heavy atom. The molecule has 0 saturated heterocycles. The van der Waals surface area contributed by atoms with Crippen LogP contribution in [0.25, 0.3) is 83.9 Å². The number of imidazole rings is 1. The fraction of sp³-hybridized carbons (Fsp3) is 0.127. The highest BCUT2D eigenvalue weighted by Crippen LogP contribution is 2.42. The van der Waals surface area contributed by atoms with Gasteiger partial charge < -0.3 is 5.11 Å². The second-order valence-corrected chi connectivity index (χ2v) is 14.4. The van der Waals surface area contributed by atoms with Crippen LogP contribution in [0.5, 0.6) is 5.75 Å². The average molecular weight is 785 g/mol. The normalized spacial score (nSPS) is 17.2. The first-order valence-corrected chi connectivity index (χ1v) is 18.7. The van der Waals surface area contributed by atoms with E-state index in [0.717, 1.165) is 11.1 Å². The third kappa shape index (κ3) is 7.35. The van der Waals surface area contributed by atoms with Crippen LogP contribution < -0.4 is 0 Å². The van der Waals surface area contributed by atoms with Gasteiger partial charge >= 0.3 is 0 Å². The van der Waals surface area contributed by atoms with Gasteiger partial charge in [0, 0.05) is 39.4 Å². The Morgan fingerprint density at radius 2 is 1.29 bits per heavy atom. The monoisotopic (exact) mass is 784 g/mol. The lowest BCUT2D eigenvalue weighted by atomic mass is 9.86. The van der Waals surface area contributed by atoms with Crippen LogP contribution in [0.2, 0.25) is 0 Å². The molecule has 0 fully saturated rings. The summed E-state index contributed by atoms with van der Waals surface area (Å²) in [5.41, 5.74) is -0.283. The second kappa shape index (κ2) is 15.0. The number of rotatable bonds is 7. The molecule has 2 heterocycles. The van der Waals surface area contributed by atoms with E-state index in [2.05, 4.69) is 4.98 Å². The molecular weight excluding hydrogens is 719 g/mol. The van der Waals surface area contributed by atoms with Gasteiger partial charge in [0.2, 0.25) is 0 Å². The van der Waals surface area contributed by atoms with Crippen molar-refractivity contribution in [1.82, 2.24) is 14.5 Å². The van der Waals surface area contributed by atoms with Gasteiger partial charge in [0.25, 0.3) is 0 Å². The van der Waals surface area contributed by atoms with Gasteiger partial charge in [-0.3, -0.25) is 9.55 Å². The number of hydrogen-bond donors (Lipinski definition) is 1. The molecule has 2 aromatic heterocycles. The highest BCUT2D eigenvalue weighted by atomic mass is 16.3. The molecule has 0 radical (unpaired) electrons. The molecule has 7 aromatic carbocycles. The number of pyridine rings is 1. The van der Waals surface area contributed by atoms with E-state index in [0.29, 0.717) is 55.7 Å². The van der Waals surface area contributed by atoms with Gasteiger partial charge in [0.05, 0.1) is 31.9 Å². The number of hydrogen-bond acceptors (Lipinski definition) is 3. The van der Waals surface area contributed by atoms with Crippen molar-refractivity contribution in [3.63, 3.8) is 0 Å². The Bertz CT molecular complexity index is 3800. The molecule has 0 aliphatic carbocycles. The molecule has 0 aliphatic heterocycles. The van der Waals surface area contributed by atoms with Crippen LogP contribution in [0, 0.1) is 20.7 Å². The number of phenolic OH excluding ortho intramolecular Hbond substituents is 1. The summed E-state index contributed by atoms with van der Waals surface area (Å²) in [5.74, 6) is 0.214. The molecular formula is C55H47N3O. The maximum absolute atomic E-state index is 11.8. The van der Waals surface area contributed by atoms with Gasteiger partial charge in [0.15, 0.2) is 0 Å². The summed E-state index contributed by atoms with van der Waals surface area (Å²) in [5, 5.41) is 11.8. The maximum Gasteiger partial charge on any atom is 0.149 e. The molecule has 4 nitrogen and oxygen atoms in total. The Kier molecular flexibility index (Phi) is 5.52. The third-order valence-electron chi connectivity index (χ3n) is 10.1. The first-order valence-electron chi connectivity index (χ1n) is 28.2. The van der Waals surface area contributed by atoms with Crippen LogP contribution >= 0.6 is 0 Å². The van der Waals surface area contributed by atoms with Gasteiger partial charge in [-0.05, 0) is 142 Å². The molecule has 0 amide bonds. The highest BCUT2D eigenvalue weighted by molar-refractivity contribution is 5.98. The van der Waals surface area contributed by atoms with E-state index in [1.807, 2.05) is 73.7 Å². The van der Waals surface area contributed by atoms with Gasteiger partial charge in [-0.1, -0.05) is 130 Å². The highest BCUT2D eigenvalue weighted by Gasteiger charge is 2.22. The molecule has 0 bridgehead atoms. The summed E-state index contributed by atoms with van der Waals surface area (Å²) in [6.07, 6.45) is -0.779. The molecule has 288 valence electrons. The van der Waals surface area contributed by atoms with Gasteiger partial charge in [0.1, 0.15) is 11.6 Å². The van der Waals surface area contributed by atoms with Crippen molar-refractivity contribution in [1.29, 1.82) is 0 Å². The summed E-state index contributed by atoms with van der Waals surface area (Å²) < 4.78 is 165. The SMILES string of the molecule is [2H]c1nc(-c2cc(-c3ccccc3)cc(-c3cccc4c3nc(-c3cc(C)cc(C)c3O)n4-c3cc(-c4ccccc4)cc(C([2H])([2H])[2H])c3)c2)c([2H])c(-c2c([2H])c([2H])c(C(C([2H])([2H])[2H])(C([2H])([2H])[2H])C([2H])([2H])[2H])c([2H])c2[2H])c1[2H]. The van der Waals surface area contributed by atoms with Crippen LogP contribution in [-0.2, 0) is 5.41 Å². The minimum Gasteiger partial charge on any atom is -0.507 e. The summed E-state index contributed by atoms with van der Waals surface area (Å²) >= 11 is 0. The van der Waals surface area contributed by atoms with Crippen LogP contribution in [0.4, 0.5) is 0 Å². The molecule has 9 rings (SSSR count). The van der Waals surface area contributed by atoms with Crippen molar-refractivity contribution in [2.24, 2.45) is 0 Å². The van der Waals surface area contributed by atoms with E-state index in [1.54, 1.807) is 72.2 Å². The van der Waals surface area contributed by atoms with Crippen molar-refractivity contribution in [3.8, 4) is 78.6 Å². The minimum atomic E-state index is -3.95. The topological polar surface area (TPSA) is 50.9 Å². The fourth-order valence-corrected chi connectivity index (χ4v) is 7.36. The third-order valence-corrected chi connectivity index (χ3v) is 10.1. The van der Waals surface area contributed by atoms with Crippen molar-refractivity contribution < 1.29 is 31.2 Å². The van der Waals surface area contributed by atoms with Crippen LogP contribution in [0.3, 0.4) is 0 Å². The number of aryl methyl sites for hydroxylation is 3. The molecule has 0 spiro atoms. The van der Waals surface area contributed by atoms with Gasteiger partial charge in [-0.25, -0.2) is 4.98 Å². The summed E-state index contributed by atoms with van der Waals surface area (Å²) in [7, 11) is 0. The van der Waals surface area contributed by atoms with Crippen molar-refractivity contribution >= 4 is 11.0 Å². The van der Waals surface area contributed by atoms with Gasteiger partial charge in [-0.15, -0.1) is 0 Å². The average Bonchev–Trinajstić information content (AvgIpc) is 3.84. The van der Waals surface area contributed by atoms with Crippen molar-refractivity contribution in [2.75, 3.05) is 0 Å². The molecule has 0 unspecified atom stereocenters. The zero-order valence-electron chi connectivity index (χ0n) is 50.9. The molecule has 0 saturated carbocycles. The molecule has 9 aromatic rings. The molecule has 0 atom stereocenters. The van der Waals surface area contributed by atoms with Crippen molar-refractivity contribution in [2.45, 2.75) is 46.7 Å². The quantitative estimate of drug-likeness (QED) is 0.175. The van der Waals surface area contributed by atoms with E-state index >= 15 is 0 Å². The predicted molar refractivity (Wildman–Crippen MR) is 246 cm³/mol. The minimum absolute atomic E-state index is 0.0528. The van der Waals surface area contributed by atoms with E-state index < -0.39 is 91.9 Å². The number of fused-ring (bicyclic) bond motifs is 1. The number of aromatic hydroxyl groups is 1. The second-order valence-electron chi connectivity index (χ2n) is 14.4. The zero-order valence-corrected chi connectivity index (χ0v) is 31.9. The van der Waals surface area contributed by atoms with Crippen LogP contribution in [0.1, 0.15) is 68.9 Å². The lowest BCUT2D eigenvalue weighted by Crippen LogP contribution is -2.10. The Hall–Kier alpha value is -7.04. The van der Waals surface area contributed by atoms with E-state index in [1.165, 1.54) is 0 Å². The lowest BCUT2D eigenvalue weighted by Gasteiger charge is -2.19. The first kappa shape index (κ1) is 21.6. The zero-order chi connectivity index (χ0) is 56.9.